The topological polar surface area (TPSA) is 158 Å². The van der Waals surface area contributed by atoms with Crippen LogP contribution in [0.15, 0.2) is 53.8 Å². The van der Waals surface area contributed by atoms with Gasteiger partial charge in [-0.1, -0.05) is 44.2 Å². The Labute approximate surface area is 327 Å². The number of ether oxygens (including phenoxy) is 2. The molecule has 13 heteroatoms. The molecule has 8 rings (SSSR count). The van der Waals surface area contributed by atoms with Gasteiger partial charge in [-0.2, -0.15) is 0 Å². The molecule has 6 atom stereocenters. The maximum atomic E-state index is 13.6. The highest BCUT2D eigenvalue weighted by Crippen LogP contribution is 2.46. The van der Waals surface area contributed by atoms with Gasteiger partial charge in [-0.05, 0) is 109 Å². The summed E-state index contributed by atoms with van der Waals surface area (Å²) in [6, 6.07) is 11.9. The first-order valence-electron chi connectivity index (χ1n) is 19.9. The molecule has 294 valence electrons. The molecular weight excluding hydrogens is 711 g/mol. The van der Waals surface area contributed by atoms with E-state index in [1.807, 2.05) is 36.0 Å². The first-order valence-corrected chi connectivity index (χ1v) is 19.9. The molecule has 0 spiro atoms. The SMILES string of the molecule is COC(=O)N[C@@H](C)C(=O)N1[C@@H]2CC[C@H](C2)[C@H]1C1=NC=C(c2ccc3c(c2)CCc2cc(-c4cnc([C@@H]5CCCN5C(=O)[C@@H](NC(=O)OC)C(C)C)[nH]4)ccc2-3)C1. The predicted molar refractivity (Wildman–Crippen MR) is 212 cm³/mol. The quantitative estimate of drug-likeness (QED) is 0.235. The van der Waals surface area contributed by atoms with Crippen LogP contribution in [0.3, 0.4) is 0 Å². The van der Waals surface area contributed by atoms with Gasteiger partial charge in [0.15, 0.2) is 0 Å². The van der Waals surface area contributed by atoms with E-state index in [4.69, 9.17) is 19.5 Å². The van der Waals surface area contributed by atoms with Crippen LogP contribution in [0.2, 0.25) is 0 Å². The number of aromatic amines is 1. The van der Waals surface area contributed by atoms with Crippen LogP contribution < -0.4 is 10.6 Å². The Morgan fingerprint density at radius 3 is 2.29 bits per heavy atom. The number of carbonyl (C=O) groups excluding carboxylic acids is 4. The average Bonchev–Trinajstić information content (AvgIpc) is 4.06. The first kappa shape index (κ1) is 37.5. The molecule has 5 aliphatic rings. The van der Waals surface area contributed by atoms with Gasteiger partial charge in [0.2, 0.25) is 11.8 Å². The van der Waals surface area contributed by atoms with Crippen molar-refractivity contribution >= 4 is 35.3 Å². The summed E-state index contributed by atoms with van der Waals surface area (Å²) in [6.45, 7) is 6.15. The Balaban J connectivity index is 0.947. The van der Waals surface area contributed by atoms with Crippen molar-refractivity contribution in [3.8, 4) is 22.4 Å². The molecule has 1 aromatic heterocycles. The number of hydrogen-bond donors (Lipinski definition) is 3. The number of nitrogens with zero attached hydrogens (tertiary/aromatic N) is 4. The van der Waals surface area contributed by atoms with Crippen molar-refractivity contribution in [2.75, 3.05) is 20.8 Å². The summed E-state index contributed by atoms with van der Waals surface area (Å²) in [6.07, 6.45) is 9.86. The number of imidazole rings is 1. The molecule has 56 heavy (non-hydrogen) atoms. The van der Waals surface area contributed by atoms with E-state index in [0.717, 1.165) is 78.9 Å². The molecule has 1 saturated carbocycles. The maximum absolute atomic E-state index is 13.6. The molecule has 3 aliphatic heterocycles. The highest BCUT2D eigenvalue weighted by molar-refractivity contribution is 6.04. The molecule has 2 saturated heterocycles. The number of rotatable bonds is 9. The van der Waals surface area contributed by atoms with Crippen LogP contribution in [0.4, 0.5) is 9.59 Å². The normalized spacial score (nSPS) is 23.2. The van der Waals surface area contributed by atoms with Gasteiger partial charge in [-0.3, -0.25) is 14.6 Å². The first-order chi connectivity index (χ1) is 27.0. The molecule has 4 heterocycles. The summed E-state index contributed by atoms with van der Waals surface area (Å²) in [4.78, 5) is 68.0. The molecule has 13 nitrogen and oxygen atoms in total. The zero-order valence-corrected chi connectivity index (χ0v) is 32.8. The molecule has 3 fully saturated rings. The number of H-pyrrole nitrogens is 1. The van der Waals surface area contributed by atoms with E-state index in [2.05, 4.69) is 52.0 Å². The molecular formula is C43H51N7O6. The van der Waals surface area contributed by atoms with Crippen molar-refractivity contribution in [2.24, 2.45) is 16.8 Å². The van der Waals surface area contributed by atoms with Crippen molar-refractivity contribution in [2.45, 2.75) is 102 Å². The van der Waals surface area contributed by atoms with Crippen LogP contribution in [0.5, 0.6) is 0 Å². The second-order valence-corrected chi connectivity index (χ2v) is 16.2. The van der Waals surface area contributed by atoms with E-state index in [9.17, 15) is 19.2 Å². The number of aryl methyl sites for hydroxylation is 2. The smallest absolute Gasteiger partial charge is 0.407 e. The van der Waals surface area contributed by atoms with Crippen molar-refractivity contribution in [3.63, 3.8) is 0 Å². The molecule has 0 radical (unpaired) electrons. The molecule has 2 aliphatic carbocycles. The fourth-order valence-electron chi connectivity index (χ4n) is 9.67. The third kappa shape index (κ3) is 6.85. The van der Waals surface area contributed by atoms with E-state index < -0.39 is 24.3 Å². The largest absolute Gasteiger partial charge is 0.453 e. The van der Waals surface area contributed by atoms with E-state index >= 15 is 0 Å². The van der Waals surface area contributed by atoms with E-state index in [1.165, 1.54) is 36.5 Å². The summed E-state index contributed by atoms with van der Waals surface area (Å²) in [5.74, 6) is 0.838. The van der Waals surface area contributed by atoms with Crippen LogP contribution in [-0.4, -0.2) is 94.4 Å². The van der Waals surface area contributed by atoms with Crippen LogP contribution in [-0.2, 0) is 31.9 Å². The van der Waals surface area contributed by atoms with Crippen LogP contribution in [0.25, 0.3) is 28.0 Å². The lowest BCUT2D eigenvalue weighted by Gasteiger charge is -2.37. The van der Waals surface area contributed by atoms with Crippen LogP contribution in [0, 0.1) is 11.8 Å². The standard InChI is InChI=1S/C43H51N7O6/c1-23(2)37(48-43(54)56-5)41(52)49-16-6-7-36(49)39-45-22-35(47-39)28-12-15-33-27(18-28)9-8-26-17-25(11-14-32(26)33)30-20-34(44-21-30)38-29-10-13-31(19-29)50(38)40(51)24(3)46-42(53)55-4/h11-12,14-15,17-18,21-24,29,31,36-38H,6-10,13,16,19-20H2,1-5H3,(H,45,47)(H,46,53)(H,48,54)/t24-,29+,31+,36-,37-,38-/m0/s1. The van der Waals surface area contributed by atoms with Crippen molar-refractivity contribution in [1.29, 1.82) is 0 Å². The van der Waals surface area contributed by atoms with Gasteiger partial charge in [0.25, 0.3) is 0 Å². The van der Waals surface area contributed by atoms with Gasteiger partial charge in [0, 0.05) is 30.9 Å². The Morgan fingerprint density at radius 2 is 1.57 bits per heavy atom. The van der Waals surface area contributed by atoms with Gasteiger partial charge in [0.1, 0.15) is 17.9 Å². The number of aliphatic imine (C=N–C) groups is 1. The summed E-state index contributed by atoms with van der Waals surface area (Å²) >= 11 is 0. The predicted octanol–water partition coefficient (Wildman–Crippen LogP) is 6.20. The molecule has 3 aromatic rings. The van der Waals surface area contributed by atoms with Gasteiger partial charge in [0.05, 0.1) is 38.2 Å². The van der Waals surface area contributed by atoms with Crippen molar-refractivity contribution < 1.29 is 28.7 Å². The molecule has 2 bridgehead atoms. The third-order valence-electron chi connectivity index (χ3n) is 12.5. The molecule has 0 unspecified atom stereocenters. The number of aromatic nitrogens is 2. The number of allylic oxidation sites excluding steroid dienone is 1. The molecule has 2 aromatic carbocycles. The number of fused-ring (bicyclic) bond motifs is 5. The Kier molecular flexibility index (Phi) is 10.2. The minimum Gasteiger partial charge on any atom is -0.453 e. The highest BCUT2D eigenvalue weighted by Gasteiger charge is 2.51. The highest BCUT2D eigenvalue weighted by atomic mass is 16.5. The van der Waals surface area contributed by atoms with Crippen LogP contribution in [0.1, 0.15) is 87.9 Å². The van der Waals surface area contributed by atoms with E-state index in [1.54, 1.807) is 6.92 Å². The van der Waals surface area contributed by atoms with Crippen molar-refractivity contribution in [3.05, 3.63) is 71.3 Å². The van der Waals surface area contributed by atoms with Gasteiger partial charge in [-0.25, -0.2) is 14.6 Å². The summed E-state index contributed by atoms with van der Waals surface area (Å²) in [5.41, 5.74) is 10.4. The second-order valence-electron chi connectivity index (χ2n) is 16.2. The van der Waals surface area contributed by atoms with E-state index in [0.29, 0.717) is 18.9 Å². The Morgan fingerprint density at radius 1 is 0.875 bits per heavy atom. The number of hydrogen-bond acceptors (Lipinski definition) is 8. The third-order valence-corrected chi connectivity index (χ3v) is 12.5. The minimum atomic E-state index is -0.680. The lowest BCUT2D eigenvalue weighted by Crippen LogP contribution is -2.55. The van der Waals surface area contributed by atoms with Gasteiger partial charge in [-0.15, -0.1) is 0 Å². The number of piperidine rings is 1. The maximum Gasteiger partial charge on any atom is 0.407 e. The lowest BCUT2D eigenvalue weighted by atomic mass is 9.82. The van der Waals surface area contributed by atoms with Gasteiger partial charge < -0.3 is 34.9 Å². The van der Waals surface area contributed by atoms with E-state index in [-0.39, 0.29) is 35.9 Å². The summed E-state index contributed by atoms with van der Waals surface area (Å²) < 4.78 is 9.51. The summed E-state index contributed by atoms with van der Waals surface area (Å²) in [5, 5.41) is 5.37. The van der Waals surface area contributed by atoms with Crippen molar-refractivity contribution in [1.82, 2.24) is 30.4 Å². The monoisotopic (exact) mass is 761 g/mol. The number of methoxy groups -OCH3 is 2. The lowest BCUT2D eigenvalue weighted by molar-refractivity contribution is -0.136. The number of alkyl carbamates (subject to hydrolysis) is 2. The number of carbonyl (C=O) groups is 4. The fourth-order valence-corrected chi connectivity index (χ4v) is 9.67. The minimum absolute atomic E-state index is 0.0475. The number of amides is 4. The second kappa shape index (κ2) is 15.2. The molecule has 3 N–H and O–H groups in total. The number of likely N-dealkylation sites (tertiary alicyclic amines) is 2. The average molecular weight is 762 g/mol. The van der Waals surface area contributed by atoms with Crippen LogP contribution >= 0.6 is 0 Å². The zero-order valence-electron chi connectivity index (χ0n) is 32.8. The summed E-state index contributed by atoms with van der Waals surface area (Å²) in [7, 11) is 2.60. The molecule has 4 amide bonds. The Hall–Kier alpha value is -5.46. The fraction of sp³-hybridized carbons (Fsp3) is 0.488. The Bertz CT molecular complexity index is 2120. The number of nitrogens with one attached hydrogen (secondary N) is 3. The number of benzene rings is 2. The zero-order chi connectivity index (χ0) is 39.2. The van der Waals surface area contributed by atoms with Gasteiger partial charge >= 0.3 is 12.2 Å².